The van der Waals surface area contributed by atoms with Gasteiger partial charge >= 0.3 is 0 Å². The van der Waals surface area contributed by atoms with Crippen molar-refractivity contribution in [2.75, 3.05) is 155 Å². The summed E-state index contributed by atoms with van der Waals surface area (Å²) in [5.41, 5.74) is 14.3. The van der Waals surface area contributed by atoms with Gasteiger partial charge in [0.1, 0.15) is 47.3 Å². The number of rotatable bonds is 38. The Morgan fingerprint density at radius 3 is 1.23 bits per heavy atom. The molecule has 9 aromatic rings. The van der Waals surface area contributed by atoms with Crippen molar-refractivity contribution < 1.29 is 41.2 Å². The van der Waals surface area contributed by atoms with Crippen molar-refractivity contribution in [3.8, 4) is 45.0 Å². The van der Waals surface area contributed by atoms with E-state index in [-0.39, 0.29) is 41.6 Å². The third-order valence-corrected chi connectivity index (χ3v) is 17.9. The molecule has 0 fully saturated rings. The Morgan fingerprint density at radius 1 is 0.435 bits per heavy atom. The van der Waals surface area contributed by atoms with Gasteiger partial charge in [-0.3, -0.25) is 29.4 Å². The zero-order valence-electron chi connectivity index (χ0n) is 66.3. The van der Waals surface area contributed by atoms with Crippen molar-refractivity contribution in [3.05, 3.63) is 203 Å². The van der Waals surface area contributed by atoms with Gasteiger partial charge in [0.2, 0.25) is 0 Å². The van der Waals surface area contributed by atoms with Crippen molar-refractivity contribution in [1.29, 1.82) is 0 Å². The van der Waals surface area contributed by atoms with Gasteiger partial charge in [0, 0.05) is 123 Å². The van der Waals surface area contributed by atoms with E-state index in [2.05, 4.69) is 155 Å². The lowest BCUT2D eigenvalue weighted by Gasteiger charge is -2.21. The predicted octanol–water partition coefficient (Wildman–Crippen LogP) is 13.5. The van der Waals surface area contributed by atoms with Crippen molar-refractivity contribution in [1.82, 2.24) is 74.3 Å². The number of hydrazone groups is 1. The number of ether oxygens (including phenoxy) is 2. The average molecular weight is 1500 g/mol. The number of nitrogens with one attached hydrogen (secondary N) is 2. The summed E-state index contributed by atoms with van der Waals surface area (Å²) >= 11 is 0. The smallest absolute Gasteiger partial charge is 0.197 e. The zero-order chi connectivity index (χ0) is 78.3. The first kappa shape index (κ1) is 88.4. The molecule has 10 rings (SSSR count). The minimum atomic E-state index is -0.253. The Labute approximate surface area is 638 Å². The van der Waals surface area contributed by atoms with Crippen LogP contribution < -0.4 is 0 Å². The minimum Gasteiger partial charge on any atom is -0.394 e. The molecule has 5 aromatic carbocycles. The molecule has 5 heterocycles. The number of methoxy groups -OCH3 is 2. The molecule has 1 aliphatic heterocycles. The highest BCUT2D eigenvalue weighted by atomic mass is 19.1. The monoisotopic (exact) mass is 1500 g/mol. The van der Waals surface area contributed by atoms with Gasteiger partial charge in [0.15, 0.2) is 12.8 Å². The molecule has 20 nitrogen and oxygen atoms in total. The molecule has 1 unspecified atom stereocenters. The molecular weight excluding hydrogens is 1380 g/mol. The van der Waals surface area contributed by atoms with E-state index in [4.69, 9.17) is 14.6 Å². The summed E-state index contributed by atoms with van der Waals surface area (Å²) in [4.78, 5) is 15.9. The molecule has 0 bridgehead atoms. The molecule has 25 heteroatoms. The van der Waals surface area contributed by atoms with Crippen molar-refractivity contribution in [2.45, 2.75) is 99.6 Å². The first-order valence-electron chi connectivity index (χ1n) is 37.7. The van der Waals surface area contributed by atoms with Gasteiger partial charge in [-0.1, -0.05) is 39.3 Å². The van der Waals surface area contributed by atoms with Gasteiger partial charge in [-0.15, -0.1) is 0 Å². The summed E-state index contributed by atoms with van der Waals surface area (Å²) in [5.74, 6) is -0.945. The van der Waals surface area contributed by atoms with E-state index < -0.39 is 0 Å². The summed E-state index contributed by atoms with van der Waals surface area (Å²) in [7, 11) is 18.0. The van der Waals surface area contributed by atoms with Gasteiger partial charge in [-0.25, -0.2) is 22.0 Å². The fourth-order valence-electron chi connectivity index (χ4n) is 12.4. The van der Waals surface area contributed by atoms with Crippen LogP contribution in [0.2, 0.25) is 0 Å². The normalized spacial score (nSPS) is 12.7. The lowest BCUT2D eigenvalue weighted by molar-refractivity contribution is -0.528. The van der Waals surface area contributed by atoms with Crippen LogP contribution in [0.1, 0.15) is 88.1 Å². The Kier molecular flexibility index (Phi) is 39.4. The van der Waals surface area contributed by atoms with Crippen LogP contribution in [-0.2, 0) is 48.7 Å². The summed E-state index contributed by atoms with van der Waals surface area (Å²) in [6.07, 6.45) is 14.1. The Morgan fingerprint density at radius 2 is 0.824 bits per heavy atom. The fourth-order valence-corrected chi connectivity index (χ4v) is 12.4. The quantitative estimate of drug-likeness (QED) is 0.0247. The van der Waals surface area contributed by atoms with E-state index in [9.17, 15) is 27.1 Å². The second-order valence-corrected chi connectivity index (χ2v) is 27.7. The number of benzene rings is 5. The molecule has 0 spiro atoms. The van der Waals surface area contributed by atoms with Crippen LogP contribution in [-0.4, -0.2) is 251 Å². The largest absolute Gasteiger partial charge is 0.394 e. The lowest BCUT2D eigenvalue weighted by atomic mass is 9.97. The summed E-state index contributed by atoms with van der Waals surface area (Å²) < 4.78 is 81.5. The number of aromatic nitrogens is 8. The van der Waals surface area contributed by atoms with Crippen molar-refractivity contribution in [3.63, 3.8) is 0 Å². The molecule has 0 amide bonds. The zero-order valence-corrected chi connectivity index (χ0v) is 66.3. The van der Waals surface area contributed by atoms with E-state index in [1.807, 2.05) is 34.2 Å². The number of H-pyrrole nitrogens is 2. The Hall–Kier alpha value is -8.47. The van der Waals surface area contributed by atoms with Gasteiger partial charge in [0.05, 0.1) is 73.9 Å². The minimum absolute atomic E-state index is 0.0279. The third kappa shape index (κ3) is 29.8. The van der Waals surface area contributed by atoms with E-state index in [0.29, 0.717) is 26.3 Å². The van der Waals surface area contributed by atoms with Crippen molar-refractivity contribution in [2.24, 2.45) is 11.0 Å². The second kappa shape index (κ2) is 48.1. The molecule has 0 aliphatic carbocycles. The number of likely N-dealkylation sites (N-methyl/N-ethyl adjacent to an activating group) is 4. The second-order valence-electron chi connectivity index (χ2n) is 27.7. The molecule has 3 N–H and O–H groups in total. The van der Waals surface area contributed by atoms with Crippen LogP contribution in [0.4, 0.5) is 22.0 Å². The Bertz CT molecular complexity index is 3990. The molecule has 0 saturated heterocycles. The molecule has 1 atom stereocenters. The van der Waals surface area contributed by atoms with E-state index in [1.54, 1.807) is 79.6 Å². The van der Waals surface area contributed by atoms with Crippen LogP contribution in [0.25, 0.3) is 45.0 Å². The molecule has 0 saturated carbocycles. The van der Waals surface area contributed by atoms with Crippen LogP contribution in [0.5, 0.6) is 0 Å². The number of aromatic amines is 2. The first-order chi connectivity index (χ1) is 52.1. The highest BCUT2D eigenvalue weighted by Crippen LogP contribution is 2.29. The maximum atomic E-state index is 13.3. The van der Waals surface area contributed by atoms with E-state index in [1.165, 1.54) is 66.2 Å². The van der Waals surface area contributed by atoms with Crippen LogP contribution in [0.3, 0.4) is 0 Å². The number of nitrogens with zero attached hydrogens (tertiary/aromatic N) is 15. The predicted molar refractivity (Wildman–Crippen MR) is 426 cm³/mol. The molecule has 588 valence electrons. The van der Waals surface area contributed by atoms with E-state index in [0.717, 1.165) is 197 Å². The molecule has 0 radical (unpaired) electrons. The van der Waals surface area contributed by atoms with E-state index >= 15 is 0 Å². The summed E-state index contributed by atoms with van der Waals surface area (Å²) in [5, 5.41) is 37.1. The SMILES string of the molecule is CCCN(C)Cc1cnn(CCO)c1-c1ccc(F)cc1.CCCN(CC)Cc1cn[nH]c1-c1ccc(F)cc1.CCCN(CCC)Cc1cn[nH]c1-c1ccc(F)cc1.COCC[N+]1=CC(CN(C)CCN(C)C)C(c2ccc(F)cc2)=N1.COCCn1ncc(CN(C)CCN(C)C)c1-c1ccc(F)cc1. The van der Waals surface area contributed by atoms with Gasteiger partial charge < -0.3 is 39.1 Å². The fraction of sp³-hybridized carbons (Fsp3) is 0.470. The molecule has 4 aromatic heterocycles. The maximum Gasteiger partial charge on any atom is 0.197 e. The third-order valence-electron chi connectivity index (χ3n) is 17.9. The number of halogens is 5. The highest BCUT2D eigenvalue weighted by molar-refractivity contribution is 6.10. The Balaban J connectivity index is 0.000000212. The maximum absolute atomic E-state index is 13.3. The highest BCUT2D eigenvalue weighted by Gasteiger charge is 2.31. The number of hydrogen-bond acceptors (Lipinski definition) is 15. The summed E-state index contributed by atoms with van der Waals surface area (Å²) in [6.45, 7) is 27.4. The standard InChI is InChI=1S/C18H28FN4O.C18H27FN4O.C16H22FN3O.C16H22FN3.C15H20FN3/c1-21(2)9-10-22(3)13-16-14-23(11-12-24-4)20-18(16)15-5-7-17(19)8-6-15;1-21(2)9-10-22(3)14-16-13-20-23(11-12-24-4)18(16)15-5-7-17(19)8-6-15;1-3-8-19(2)12-14-11-18-20(9-10-21)16(14)13-4-6-15(17)7-5-13;1-3-9-20(10-4-2)12-14-11-18-19-16(14)13-5-7-15(17)8-6-13;1-3-9-19(4-2)11-13-10-17-18-15(13)12-5-7-14(16)8-6-12/h5-8,14,16H,9-13H2,1-4H3;5-8,13H,9-12,14H2,1-4H3;4-7,11,21H,3,8-10,12H2,1-2H3;5-8,11H,3-4,9-10,12H2,1-2H3,(H,18,19);5-8,10H,3-4,9,11H2,1-2H3,(H,17,18)/q+1;;;;. The van der Waals surface area contributed by atoms with Gasteiger partial charge in [-0.2, -0.15) is 20.4 Å². The summed E-state index contributed by atoms with van der Waals surface area (Å²) in [6, 6.07) is 32.6. The van der Waals surface area contributed by atoms with Crippen LogP contribution in [0.15, 0.2) is 151 Å². The van der Waals surface area contributed by atoms with Crippen LogP contribution >= 0.6 is 0 Å². The topological polar surface area (TPSA) is 170 Å². The van der Waals surface area contributed by atoms with Crippen molar-refractivity contribution >= 4 is 11.9 Å². The molecular formula is C83H119F5N17O3+. The first-order valence-corrected chi connectivity index (χ1v) is 37.7. The molecule has 108 heavy (non-hydrogen) atoms. The van der Waals surface area contributed by atoms with Crippen LogP contribution in [0, 0.1) is 35.0 Å². The molecule has 1 aliphatic rings. The lowest BCUT2D eigenvalue weighted by Crippen LogP contribution is -2.35. The number of aliphatic hydroxyl groups excluding tert-OH is 1. The van der Waals surface area contributed by atoms with Gasteiger partial charge in [-0.05, 0) is 234 Å². The van der Waals surface area contributed by atoms with Gasteiger partial charge in [0.25, 0.3) is 0 Å². The average Bonchev–Trinajstić information content (AvgIpc) is 1.67. The number of aliphatic hydroxyl groups is 1. The number of hydrogen-bond donors (Lipinski definition) is 3.